The molecule has 0 saturated heterocycles. The number of hydrogen-bond donors (Lipinski definition) is 1. The van der Waals surface area contributed by atoms with E-state index in [1.165, 1.54) is 18.2 Å². The third-order valence-electron chi connectivity index (χ3n) is 4.92. The number of nitrogens with one attached hydrogen (secondary N) is 1. The summed E-state index contributed by atoms with van der Waals surface area (Å²) < 4.78 is 64.9. The summed E-state index contributed by atoms with van der Waals surface area (Å²) in [6.45, 7) is 5.22. The van der Waals surface area contributed by atoms with Gasteiger partial charge in [0.1, 0.15) is 17.5 Å². The van der Waals surface area contributed by atoms with E-state index in [2.05, 4.69) is 5.32 Å². The minimum absolute atomic E-state index is 0.0582. The molecule has 0 aliphatic heterocycles. The molecule has 0 spiro atoms. The van der Waals surface area contributed by atoms with Crippen LogP contribution in [-0.4, -0.2) is 20.5 Å². The van der Waals surface area contributed by atoms with Crippen molar-refractivity contribution in [2.75, 3.05) is 11.6 Å². The zero-order chi connectivity index (χ0) is 23.3. The van der Waals surface area contributed by atoms with Gasteiger partial charge >= 0.3 is 0 Å². The molecule has 2 aromatic carbocycles. The van der Waals surface area contributed by atoms with Gasteiger partial charge in [-0.3, -0.25) is 4.79 Å². The maximum atomic E-state index is 14.6. The third-order valence-corrected chi connectivity index (χ3v) is 5.57. The van der Waals surface area contributed by atoms with Crippen LogP contribution in [0.3, 0.4) is 0 Å². The second-order valence-corrected chi connectivity index (χ2v) is 9.71. The molecule has 2 atom stereocenters. The van der Waals surface area contributed by atoms with Gasteiger partial charge in [0.15, 0.2) is 15.6 Å². The number of rotatable bonds is 9. The van der Waals surface area contributed by atoms with Crippen molar-refractivity contribution >= 4 is 21.3 Å². The molecule has 0 fully saturated rings. The van der Waals surface area contributed by atoms with E-state index in [1.54, 1.807) is 26.8 Å². The van der Waals surface area contributed by atoms with Crippen LogP contribution in [0.25, 0.3) is 0 Å². The minimum atomic E-state index is -3.27. The molecule has 0 saturated carbocycles. The first-order chi connectivity index (χ1) is 14.4. The van der Waals surface area contributed by atoms with Crippen molar-refractivity contribution in [2.45, 2.75) is 39.7 Å². The van der Waals surface area contributed by atoms with Gasteiger partial charge in [0.25, 0.3) is 0 Å². The highest BCUT2D eigenvalue weighted by atomic mass is 32.2. The van der Waals surface area contributed by atoms with E-state index >= 15 is 0 Å². The molecular weight excluding hydrogens is 427 g/mol. The van der Waals surface area contributed by atoms with Crippen LogP contribution in [0.4, 0.5) is 18.9 Å². The normalized spacial score (nSPS) is 13.9. The summed E-state index contributed by atoms with van der Waals surface area (Å²) in [5.74, 6) is -2.88. The SMILES string of the molecule is Cc1ccc(F)cc1[C@H](C)Nc1cc(F)c(C(=O)CC[C@H](C)/C=C/S(C)(=O)=O)cc1F. The van der Waals surface area contributed by atoms with E-state index in [0.29, 0.717) is 12.0 Å². The fourth-order valence-corrected chi connectivity index (χ4v) is 3.68. The van der Waals surface area contributed by atoms with Crippen molar-refractivity contribution in [1.82, 2.24) is 0 Å². The maximum Gasteiger partial charge on any atom is 0.168 e. The van der Waals surface area contributed by atoms with Gasteiger partial charge in [-0.05, 0) is 55.5 Å². The van der Waals surface area contributed by atoms with E-state index in [1.807, 2.05) is 0 Å². The molecular formula is C23H26F3NO3S. The molecule has 168 valence electrons. The van der Waals surface area contributed by atoms with Gasteiger partial charge < -0.3 is 5.32 Å². The molecule has 4 nitrogen and oxygen atoms in total. The van der Waals surface area contributed by atoms with Crippen molar-refractivity contribution in [3.63, 3.8) is 0 Å². The van der Waals surface area contributed by atoms with E-state index in [9.17, 15) is 26.4 Å². The average molecular weight is 454 g/mol. The number of carbonyl (C=O) groups excluding carboxylic acids is 1. The van der Waals surface area contributed by atoms with Crippen molar-refractivity contribution in [3.8, 4) is 0 Å². The number of hydrogen-bond acceptors (Lipinski definition) is 4. The number of ketones is 1. The quantitative estimate of drug-likeness (QED) is 0.492. The molecule has 0 amide bonds. The summed E-state index contributed by atoms with van der Waals surface area (Å²) in [6, 6.07) is 5.53. The summed E-state index contributed by atoms with van der Waals surface area (Å²) in [4.78, 5) is 12.3. The van der Waals surface area contributed by atoms with Crippen molar-refractivity contribution < 1.29 is 26.4 Å². The predicted octanol–water partition coefficient (Wildman–Crippen LogP) is 5.74. The summed E-state index contributed by atoms with van der Waals surface area (Å²) >= 11 is 0. The van der Waals surface area contributed by atoms with E-state index < -0.39 is 39.1 Å². The lowest BCUT2D eigenvalue weighted by Crippen LogP contribution is -2.12. The Kier molecular flexibility index (Phi) is 8.06. The Bertz CT molecular complexity index is 1100. The molecule has 0 aliphatic rings. The monoisotopic (exact) mass is 453 g/mol. The first-order valence-electron chi connectivity index (χ1n) is 9.80. The van der Waals surface area contributed by atoms with Crippen molar-refractivity contribution in [1.29, 1.82) is 0 Å². The van der Waals surface area contributed by atoms with Gasteiger partial charge in [0.05, 0.1) is 11.3 Å². The smallest absolute Gasteiger partial charge is 0.168 e. The predicted molar refractivity (Wildman–Crippen MR) is 116 cm³/mol. The molecule has 0 radical (unpaired) electrons. The van der Waals surface area contributed by atoms with Crippen LogP contribution in [-0.2, 0) is 9.84 Å². The summed E-state index contributed by atoms with van der Waals surface area (Å²) in [7, 11) is -3.27. The van der Waals surface area contributed by atoms with Gasteiger partial charge in [-0.1, -0.05) is 19.1 Å². The van der Waals surface area contributed by atoms with E-state index in [-0.39, 0.29) is 23.6 Å². The number of halogens is 3. The summed E-state index contributed by atoms with van der Waals surface area (Å²) in [5, 5.41) is 3.88. The molecule has 1 N–H and O–H groups in total. The molecule has 8 heteroatoms. The molecule has 0 unspecified atom stereocenters. The highest BCUT2D eigenvalue weighted by molar-refractivity contribution is 7.93. The van der Waals surface area contributed by atoms with Crippen LogP contribution < -0.4 is 5.32 Å². The minimum Gasteiger partial charge on any atom is -0.376 e. The van der Waals surface area contributed by atoms with Crippen LogP contribution in [0.1, 0.15) is 54.2 Å². The van der Waals surface area contributed by atoms with Gasteiger partial charge in [-0.2, -0.15) is 0 Å². The first kappa shape index (κ1) is 24.7. The molecule has 0 bridgehead atoms. The molecule has 2 rings (SSSR count). The Morgan fingerprint density at radius 2 is 1.77 bits per heavy atom. The lowest BCUT2D eigenvalue weighted by Gasteiger charge is -2.19. The van der Waals surface area contributed by atoms with Crippen molar-refractivity contribution in [3.05, 3.63) is 76.0 Å². The Labute approximate surface area is 181 Å². The molecule has 31 heavy (non-hydrogen) atoms. The largest absolute Gasteiger partial charge is 0.376 e. The Hall–Kier alpha value is -2.61. The summed E-state index contributed by atoms with van der Waals surface area (Å²) in [6.07, 6.45) is 2.76. The van der Waals surface area contributed by atoms with Gasteiger partial charge in [0.2, 0.25) is 0 Å². The number of sulfone groups is 1. The van der Waals surface area contributed by atoms with Crippen LogP contribution in [0.2, 0.25) is 0 Å². The van der Waals surface area contributed by atoms with E-state index in [0.717, 1.165) is 29.4 Å². The number of anilines is 1. The average Bonchev–Trinajstić information content (AvgIpc) is 2.68. The van der Waals surface area contributed by atoms with Gasteiger partial charge in [0, 0.05) is 30.2 Å². The Morgan fingerprint density at radius 3 is 2.42 bits per heavy atom. The number of Topliss-reactive ketones (excluding diaryl/α,β-unsaturated/α-hetero) is 1. The zero-order valence-electron chi connectivity index (χ0n) is 17.9. The highest BCUT2D eigenvalue weighted by Gasteiger charge is 2.19. The van der Waals surface area contributed by atoms with Crippen LogP contribution >= 0.6 is 0 Å². The van der Waals surface area contributed by atoms with E-state index in [4.69, 9.17) is 0 Å². The molecule has 0 heterocycles. The highest BCUT2D eigenvalue weighted by Crippen LogP contribution is 2.27. The lowest BCUT2D eigenvalue weighted by molar-refractivity contribution is 0.0972. The molecule has 0 aromatic heterocycles. The van der Waals surface area contributed by atoms with Gasteiger partial charge in [-0.25, -0.2) is 21.6 Å². The second-order valence-electron chi connectivity index (χ2n) is 7.78. The standard InChI is InChI=1S/C23H26F3NO3S/c1-14(9-10-31(4,29)30)5-8-23(28)19-12-21(26)22(13-20(19)25)27-16(3)18-11-17(24)7-6-15(18)2/h6-7,9-14,16,27H,5,8H2,1-4H3/b10-9+/t14-,16-/m0/s1. The number of aryl methyl sites for hydroxylation is 1. The Balaban J connectivity index is 2.11. The number of carbonyl (C=O) groups is 1. The molecule has 0 aliphatic carbocycles. The summed E-state index contributed by atoms with van der Waals surface area (Å²) in [5.41, 5.74) is 0.913. The zero-order valence-corrected chi connectivity index (χ0v) is 18.7. The fourth-order valence-electron chi connectivity index (χ4n) is 3.13. The Morgan fingerprint density at radius 1 is 1.10 bits per heavy atom. The third kappa shape index (κ3) is 7.24. The first-order valence-corrected chi connectivity index (χ1v) is 11.8. The van der Waals surface area contributed by atoms with Crippen LogP contribution in [0, 0.1) is 30.3 Å². The van der Waals surface area contributed by atoms with Gasteiger partial charge in [-0.15, -0.1) is 0 Å². The van der Waals surface area contributed by atoms with Crippen molar-refractivity contribution in [2.24, 2.45) is 5.92 Å². The topological polar surface area (TPSA) is 63.2 Å². The number of benzene rings is 2. The second kappa shape index (κ2) is 10.1. The lowest BCUT2D eigenvalue weighted by atomic mass is 9.99. The van der Waals surface area contributed by atoms with Crippen LogP contribution in [0.15, 0.2) is 41.8 Å². The number of allylic oxidation sites excluding steroid dienone is 1. The molecule has 2 aromatic rings. The maximum absolute atomic E-state index is 14.6. The fraction of sp³-hybridized carbons (Fsp3) is 0.348. The van der Waals surface area contributed by atoms with Crippen LogP contribution in [0.5, 0.6) is 0 Å².